The van der Waals surface area contributed by atoms with Crippen LogP contribution in [0.4, 0.5) is 0 Å². The van der Waals surface area contributed by atoms with Gasteiger partial charge in [0, 0.05) is 36.6 Å². The number of benzene rings is 1. The van der Waals surface area contributed by atoms with Crippen molar-refractivity contribution in [3.8, 4) is 5.75 Å². The van der Waals surface area contributed by atoms with Crippen molar-refractivity contribution in [2.24, 2.45) is 0 Å². The Hall–Kier alpha value is -3.00. The second-order valence-electron chi connectivity index (χ2n) is 8.96. The third-order valence-corrected chi connectivity index (χ3v) is 6.62. The number of ether oxygens (including phenoxy) is 1. The smallest absolute Gasteiger partial charge is 0.254 e. The summed E-state index contributed by atoms with van der Waals surface area (Å²) in [4.78, 5) is 32.0. The van der Waals surface area contributed by atoms with Gasteiger partial charge in [-0.2, -0.15) is 0 Å². The van der Waals surface area contributed by atoms with E-state index >= 15 is 0 Å². The molecule has 0 aliphatic carbocycles. The number of nitrogens with zero attached hydrogens (tertiary/aromatic N) is 3. The molecule has 8 heteroatoms. The van der Waals surface area contributed by atoms with Crippen molar-refractivity contribution in [3.05, 3.63) is 92.6 Å². The molecule has 1 aliphatic rings. The van der Waals surface area contributed by atoms with E-state index in [1.165, 1.54) is 16.8 Å². The first kappa shape index (κ1) is 25.1. The number of carbonyl (C=O) groups excluding carboxylic acids is 1. The number of hydrogen-bond acceptors (Lipinski definition) is 6. The van der Waals surface area contributed by atoms with Crippen LogP contribution in [0.3, 0.4) is 0 Å². The number of rotatable bonds is 9. The molecule has 0 amide bonds. The largest absolute Gasteiger partial charge is 0.487 e. The molecule has 0 bridgehead atoms. The van der Waals surface area contributed by atoms with Crippen LogP contribution in [0, 0.1) is 6.92 Å². The predicted molar refractivity (Wildman–Crippen MR) is 135 cm³/mol. The third-order valence-electron chi connectivity index (χ3n) is 6.39. The number of ketones is 1. The van der Waals surface area contributed by atoms with Crippen LogP contribution in [-0.2, 0) is 19.7 Å². The summed E-state index contributed by atoms with van der Waals surface area (Å²) in [5, 5.41) is 10.2. The van der Waals surface area contributed by atoms with Crippen LogP contribution in [0.15, 0.2) is 59.7 Å². The number of likely N-dealkylation sites (tertiary alicyclic amines) is 1. The summed E-state index contributed by atoms with van der Waals surface area (Å²) in [5.41, 5.74) is 2.99. The van der Waals surface area contributed by atoms with Crippen molar-refractivity contribution < 1.29 is 14.6 Å². The van der Waals surface area contributed by atoms with E-state index in [4.69, 9.17) is 16.3 Å². The molecule has 7 nitrogen and oxygen atoms in total. The number of halogens is 1. The molecule has 1 aromatic carbocycles. The number of carbonyl (C=O) groups is 1. The predicted octanol–water partition coefficient (Wildman–Crippen LogP) is 4.01. The Morgan fingerprint density at radius 2 is 2.06 bits per heavy atom. The minimum absolute atomic E-state index is 0.0449. The molecular formula is C27H30ClN3O4. The molecule has 1 atom stereocenters. The van der Waals surface area contributed by atoms with E-state index in [2.05, 4.69) is 9.88 Å². The Morgan fingerprint density at radius 3 is 2.77 bits per heavy atom. The number of pyridine rings is 2. The molecule has 1 N–H and O–H groups in total. The lowest BCUT2D eigenvalue weighted by atomic mass is 9.99. The summed E-state index contributed by atoms with van der Waals surface area (Å²) in [6.07, 6.45) is 6.42. The Morgan fingerprint density at radius 1 is 1.20 bits per heavy atom. The van der Waals surface area contributed by atoms with Crippen LogP contribution in [0.25, 0.3) is 0 Å². The molecule has 0 spiro atoms. The Labute approximate surface area is 209 Å². The van der Waals surface area contributed by atoms with Crippen molar-refractivity contribution in [1.29, 1.82) is 0 Å². The highest BCUT2D eigenvalue weighted by atomic mass is 35.5. The average Bonchev–Trinajstić information content (AvgIpc) is 2.85. The topological polar surface area (TPSA) is 84.7 Å². The molecule has 35 heavy (non-hydrogen) atoms. The van der Waals surface area contributed by atoms with E-state index in [1.807, 2.05) is 25.1 Å². The highest BCUT2D eigenvalue weighted by Crippen LogP contribution is 2.21. The molecule has 184 valence electrons. The first-order valence-electron chi connectivity index (χ1n) is 11.8. The molecule has 0 radical (unpaired) electrons. The van der Waals surface area contributed by atoms with Gasteiger partial charge in [-0.3, -0.25) is 19.5 Å². The number of aliphatic hydroxyl groups is 1. The molecule has 1 fully saturated rings. The first-order chi connectivity index (χ1) is 16.9. The van der Waals surface area contributed by atoms with Crippen LogP contribution in [-0.4, -0.2) is 44.5 Å². The van der Waals surface area contributed by atoms with E-state index in [1.54, 1.807) is 24.4 Å². The van der Waals surface area contributed by atoms with Gasteiger partial charge >= 0.3 is 0 Å². The summed E-state index contributed by atoms with van der Waals surface area (Å²) in [6, 6.07) is 12.6. The van der Waals surface area contributed by atoms with Gasteiger partial charge in [0.05, 0.1) is 23.9 Å². The van der Waals surface area contributed by atoms with Gasteiger partial charge in [0.2, 0.25) is 0 Å². The quantitative estimate of drug-likeness (QED) is 0.451. The zero-order valence-electron chi connectivity index (χ0n) is 19.8. The fourth-order valence-electron chi connectivity index (χ4n) is 4.45. The summed E-state index contributed by atoms with van der Waals surface area (Å²) in [7, 11) is 0. The van der Waals surface area contributed by atoms with E-state index in [9.17, 15) is 14.7 Å². The maximum Gasteiger partial charge on any atom is 0.254 e. The van der Waals surface area contributed by atoms with E-state index in [0.717, 1.165) is 43.5 Å². The summed E-state index contributed by atoms with van der Waals surface area (Å²) >= 11 is 5.84. The van der Waals surface area contributed by atoms with Gasteiger partial charge in [-0.25, -0.2) is 0 Å². The molecule has 0 saturated carbocycles. The van der Waals surface area contributed by atoms with Gasteiger partial charge < -0.3 is 14.4 Å². The van der Waals surface area contributed by atoms with Crippen LogP contribution >= 0.6 is 11.6 Å². The summed E-state index contributed by atoms with van der Waals surface area (Å²) < 4.78 is 7.02. The minimum atomic E-state index is -0.311. The zero-order chi connectivity index (χ0) is 24.8. The third kappa shape index (κ3) is 6.57. The SMILES string of the molecule is Cc1cc(CN2CCCC[C@@H]2CO)ccc1C(=O)Cn1ccc(OCc2ccc(Cl)cn2)cc1=O. The highest BCUT2D eigenvalue weighted by molar-refractivity contribution is 6.30. The lowest BCUT2D eigenvalue weighted by Gasteiger charge is -2.34. The number of piperidine rings is 1. The van der Waals surface area contributed by atoms with Crippen LogP contribution < -0.4 is 10.3 Å². The summed E-state index contributed by atoms with van der Waals surface area (Å²) in [6.45, 7) is 3.99. The number of aryl methyl sites for hydroxylation is 1. The monoisotopic (exact) mass is 495 g/mol. The maximum atomic E-state index is 13.0. The molecule has 1 aliphatic heterocycles. The van der Waals surface area contributed by atoms with Crippen LogP contribution in [0.5, 0.6) is 5.75 Å². The molecule has 1 saturated heterocycles. The van der Waals surface area contributed by atoms with Crippen molar-refractivity contribution in [1.82, 2.24) is 14.5 Å². The number of hydrogen-bond donors (Lipinski definition) is 1. The fraction of sp³-hybridized carbons (Fsp3) is 0.370. The maximum absolute atomic E-state index is 13.0. The molecule has 3 aromatic rings. The Balaban J connectivity index is 1.38. The summed E-state index contributed by atoms with van der Waals surface area (Å²) in [5.74, 6) is 0.288. The first-order valence-corrected chi connectivity index (χ1v) is 12.2. The van der Waals surface area contributed by atoms with Crippen LogP contribution in [0.2, 0.25) is 5.02 Å². The second-order valence-corrected chi connectivity index (χ2v) is 9.40. The lowest BCUT2D eigenvalue weighted by molar-refractivity contribution is 0.0841. The molecule has 0 unspecified atom stereocenters. The van der Waals surface area contributed by atoms with Crippen molar-refractivity contribution in [2.45, 2.75) is 51.9 Å². The molecule has 4 rings (SSSR count). The van der Waals surface area contributed by atoms with Crippen molar-refractivity contribution >= 4 is 17.4 Å². The highest BCUT2D eigenvalue weighted by Gasteiger charge is 2.22. The van der Waals surface area contributed by atoms with Gasteiger partial charge in [0.25, 0.3) is 5.56 Å². The van der Waals surface area contributed by atoms with E-state index in [0.29, 0.717) is 22.0 Å². The zero-order valence-corrected chi connectivity index (χ0v) is 20.6. The molecular weight excluding hydrogens is 466 g/mol. The number of aromatic nitrogens is 2. The van der Waals surface area contributed by atoms with E-state index < -0.39 is 0 Å². The second kappa shape index (κ2) is 11.6. The van der Waals surface area contributed by atoms with Gasteiger partial charge in [0.1, 0.15) is 12.4 Å². The molecule has 2 aromatic heterocycles. The standard InChI is InChI=1S/C27H30ClN3O4/c1-19-12-20(15-30-10-3-2-4-23(30)17-32)5-8-25(19)26(33)16-31-11-9-24(13-27(31)34)35-18-22-7-6-21(28)14-29-22/h5-9,11-14,23,32H,2-4,10,15-18H2,1H3/t23-/m1/s1. The Kier molecular flexibility index (Phi) is 8.33. The Bertz CT molecular complexity index is 1230. The fourth-order valence-corrected chi connectivity index (χ4v) is 4.56. The van der Waals surface area contributed by atoms with Crippen molar-refractivity contribution in [2.75, 3.05) is 13.2 Å². The van der Waals surface area contributed by atoms with Gasteiger partial charge in [0.15, 0.2) is 5.78 Å². The minimum Gasteiger partial charge on any atom is -0.487 e. The number of Topliss-reactive ketones (excluding diaryl/α,β-unsaturated/α-hetero) is 1. The van der Waals surface area contributed by atoms with Crippen molar-refractivity contribution in [3.63, 3.8) is 0 Å². The molecule has 3 heterocycles. The lowest BCUT2D eigenvalue weighted by Crippen LogP contribution is -2.41. The van der Waals surface area contributed by atoms with Gasteiger partial charge in [-0.1, -0.05) is 36.2 Å². The van der Waals surface area contributed by atoms with Gasteiger partial charge in [-0.05, 0) is 55.6 Å². The van der Waals surface area contributed by atoms with Crippen LogP contribution in [0.1, 0.15) is 46.4 Å². The number of aliphatic hydroxyl groups excluding tert-OH is 1. The average molecular weight is 496 g/mol. The normalized spacial score (nSPS) is 16.3. The van der Waals surface area contributed by atoms with E-state index in [-0.39, 0.29) is 37.1 Å². The van der Waals surface area contributed by atoms with Gasteiger partial charge in [-0.15, -0.1) is 0 Å².